The standard InChI is InChI=1S/C19H26N2OS/c1-14-4-2-3-5-17(14)23-16-8-12-21(13-9-16)18(22)20-19(10-11-19)15-6-7-15/h2-5,15-16H,6-13H2,1H3,(H,20,22). The molecule has 0 radical (unpaired) electrons. The number of hydrogen-bond donors (Lipinski definition) is 1. The Hall–Kier alpha value is -1.16. The van der Waals surface area contributed by atoms with Crippen LogP contribution in [-0.4, -0.2) is 34.8 Å². The number of nitrogens with one attached hydrogen (secondary N) is 1. The average molecular weight is 330 g/mol. The van der Waals surface area contributed by atoms with Crippen LogP contribution in [0.5, 0.6) is 0 Å². The van der Waals surface area contributed by atoms with Crippen molar-refractivity contribution in [1.82, 2.24) is 10.2 Å². The van der Waals surface area contributed by atoms with Gasteiger partial charge >= 0.3 is 6.03 Å². The second-order valence-electron chi connectivity index (χ2n) is 7.43. The molecule has 23 heavy (non-hydrogen) atoms. The van der Waals surface area contributed by atoms with Gasteiger partial charge in [0, 0.05) is 28.8 Å². The predicted molar refractivity (Wildman–Crippen MR) is 94.9 cm³/mol. The molecule has 1 aromatic carbocycles. The van der Waals surface area contributed by atoms with E-state index in [9.17, 15) is 4.79 Å². The Labute approximate surface area is 143 Å². The summed E-state index contributed by atoms with van der Waals surface area (Å²) in [5, 5.41) is 3.99. The quantitative estimate of drug-likeness (QED) is 0.897. The third kappa shape index (κ3) is 3.37. The Morgan fingerprint density at radius 2 is 1.87 bits per heavy atom. The summed E-state index contributed by atoms with van der Waals surface area (Å²) in [6.07, 6.45) is 7.22. The number of aryl methyl sites for hydroxylation is 1. The van der Waals surface area contributed by atoms with Gasteiger partial charge in [-0.1, -0.05) is 18.2 Å². The van der Waals surface area contributed by atoms with Crippen molar-refractivity contribution in [2.24, 2.45) is 5.92 Å². The zero-order valence-corrected chi connectivity index (χ0v) is 14.7. The van der Waals surface area contributed by atoms with Gasteiger partial charge in [-0.3, -0.25) is 0 Å². The van der Waals surface area contributed by atoms with Crippen molar-refractivity contribution in [3.63, 3.8) is 0 Å². The van der Waals surface area contributed by atoms with Gasteiger partial charge in [0.2, 0.25) is 0 Å². The minimum absolute atomic E-state index is 0.189. The maximum absolute atomic E-state index is 12.5. The molecule has 4 heteroatoms. The van der Waals surface area contributed by atoms with E-state index in [0.717, 1.165) is 31.8 Å². The highest BCUT2D eigenvalue weighted by molar-refractivity contribution is 8.00. The minimum atomic E-state index is 0.189. The monoisotopic (exact) mass is 330 g/mol. The molecule has 1 aliphatic heterocycles. The zero-order valence-electron chi connectivity index (χ0n) is 13.9. The molecule has 4 rings (SSSR count). The first-order chi connectivity index (χ1) is 11.2. The van der Waals surface area contributed by atoms with Gasteiger partial charge in [0.1, 0.15) is 0 Å². The Bertz CT molecular complexity index is 587. The number of likely N-dealkylation sites (tertiary alicyclic amines) is 1. The van der Waals surface area contributed by atoms with Crippen LogP contribution in [0.3, 0.4) is 0 Å². The summed E-state index contributed by atoms with van der Waals surface area (Å²) in [6.45, 7) is 3.98. The van der Waals surface area contributed by atoms with E-state index in [-0.39, 0.29) is 11.6 Å². The van der Waals surface area contributed by atoms with Crippen molar-refractivity contribution < 1.29 is 4.79 Å². The van der Waals surface area contributed by atoms with E-state index in [4.69, 9.17) is 0 Å². The molecule has 2 aliphatic carbocycles. The number of rotatable bonds is 4. The molecule has 1 heterocycles. The Balaban J connectivity index is 1.27. The molecule has 0 bridgehead atoms. The number of thioether (sulfide) groups is 1. The first kappa shape index (κ1) is 15.4. The van der Waals surface area contributed by atoms with E-state index in [0.29, 0.717) is 5.25 Å². The molecule has 0 aromatic heterocycles. The Morgan fingerprint density at radius 3 is 2.48 bits per heavy atom. The molecule has 2 amide bonds. The molecule has 0 unspecified atom stereocenters. The summed E-state index contributed by atoms with van der Waals surface area (Å²) in [7, 11) is 0. The maximum Gasteiger partial charge on any atom is 0.317 e. The molecule has 2 saturated carbocycles. The molecule has 0 atom stereocenters. The smallest absolute Gasteiger partial charge is 0.317 e. The van der Waals surface area contributed by atoms with Crippen molar-refractivity contribution >= 4 is 17.8 Å². The molecule has 0 spiro atoms. The van der Waals surface area contributed by atoms with E-state index in [1.165, 1.54) is 36.1 Å². The summed E-state index contributed by atoms with van der Waals surface area (Å²) in [5.41, 5.74) is 1.56. The fourth-order valence-corrected chi connectivity index (χ4v) is 4.96. The molecule has 1 aromatic rings. The van der Waals surface area contributed by atoms with Gasteiger partial charge in [0.15, 0.2) is 0 Å². The van der Waals surface area contributed by atoms with E-state index in [2.05, 4.69) is 36.5 Å². The number of amides is 2. The van der Waals surface area contributed by atoms with E-state index >= 15 is 0 Å². The van der Waals surface area contributed by atoms with Crippen molar-refractivity contribution in [1.29, 1.82) is 0 Å². The molecule has 3 fully saturated rings. The first-order valence-electron chi connectivity index (χ1n) is 8.96. The number of benzene rings is 1. The number of urea groups is 1. The van der Waals surface area contributed by atoms with Crippen LogP contribution in [0.15, 0.2) is 29.2 Å². The lowest BCUT2D eigenvalue weighted by Gasteiger charge is -2.33. The summed E-state index contributed by atoms with van der Waals surface area (Å²) >= 11 is 1.99. The molecule has 124 valence electrons. The zero-order chi connectivity index (χ0) is 15.9. The second kappa shape index (κ2) is 6.04. The molecule has 1 N–H and O–H groups in total. The van der Waals surface area contributed by atoms with E-state index < -0.39 is 0 Å². The lowest BCUT2D eigenvalue weighted by molar-refractivity contribution is 0.180. The first-order valence-corrected chi connectivity index (χ1v) is 9.84. The average Bonchev–Trinajstić information content (AvgIpc) is 3.44. The van der Waals surface area contributed by atoms with Gasteiger partial charge in [-0.25, -0.2) is 4.79 Å². The largest absolute Gasteiger partial charge is 0.332 e. The van der Waals surface area contributed by atoms with Crippen LogP contribution in [0, 0.1) is 12.8 Å². The number of carbonyl (C=O) groups excluding carboxylic acids is 1. The highest BCUT2D eigenvalue weighted by Gasteiger charge is 2.55. The van der Waals surface area contributed by atoms with Gasteiger partial charge < -0.3 is 10.2 Å². The Kier molecular flexibility index (Phi) is 4.04. The van der Waals surface area contributed by atoms with Crippen molar-refractivity contribution in [3.05, 3.63) is 29.8 Å². The number of hydrogen-bond acceptors (Lipinski definition) is 2. The van der Waals surface area contributed by atoms with Crippen LogP contribution in [0.2, 0.25) is 0 Å². The highest BCUT2D eigenvalue weighted by atomic mass is 32.2. The summed E-state index contributed by atoms with van der Waals surface area (Å²) in [4.78, 5) is 15.9. The van der Waals surface area contributed by atoms with Crippen LogP contribution >= 0.6 is 11.8 Å². The number of carbonyl (C=O) groups is 1. The van der Waals surface area contributed by atoms with E-state index in [1.54, 1.807) is 0 Å². The predicted octanol–water partition coefficient (Wildman–Crippen LogP) is 4.20. The number of piperidine rings is 1. The van der Waals surface area contributed by atoms with Crippen LogP contribution in [-0.2, 0) is 0 Å². The van der Waals surface area contributed by atoms with Crippen molar-refractivity contribution in [2.45, 2.75) is 61.1 Å². The van der Waals surface area contributed by atoms with Crippen LogP contribution in [0.1, 0.15) is 44.1 Å². The van der Waals surface area contributed by atoms with Crippen molar-refractivity contribution in [2.75, 3.05) is 13.1 Å². The van der Waals surface area contributed by atoms with Gasteiger partial charge in [-0.15, -0.1) is 11.8 Å². The van der Waals surface area contributed by atoms with Gasteiger partial charge in [-0.05, 0) is 63.0 Å². The molecular formula is C19H26N2OS. The van der Waals surface area contributed by atoms with Crippen molar-refractivity contribution in [3.8, 4) is 0 Å². The lowest BCUT2D eigenvalue weighted by atomic mass is 10.1. The fourth-order valence-electron chi connectivity index (χ4n) is 3.74. The lowest BCUT2D eigenvalue weighted by Crippen LogP contribution is -2.50. The number of nitrogens with zero attached hydrogens (tertiary/aromatic N) is 1. The minimum Gasteiger partial charge on any atom is -0.332 e. The summed E-state index contributed by atoms with van der Waals surface area (Å²) in [6, 6.07) is 8.79. The van der Waals surface area contributed by atoms with Gasteiger partial charge in [0.25, 0.3) is 0 Å². The molecule has 3 aliphatic rings. The van der Waals surface area contributed by atoms with Crippen LogP contribution in [0.4, 0.5) is 4.79 Å². The van der Waals surface area contributed by atoms with E-state index in [1.807, 2.05) is 16.7 Å². The summed E-state index contributed by atoms with van der Waals surface area (Å²) in [5.74, 6) is 0.778. The SMILES string of the molecule is Cc1ccccc1SC1CCN(C(=O)NC2(C3CC3)CC2)CC1. The topological polar surface area (TPSA) is 32.3 Å². The normalized spacial score (nSPS) is 23.6. The third-order valence-electron chi connectivity index (χ3n) is 5.62. The molecular weight excluding hydrogens is 304 g/mol. The van der Waals surface area contributed by atoms with Crippen LogP contribution < -0.4 is 5.32 Å². The Morgan fingerprint density at radius 1 is 1.17 bits per heavy atom. The second-order valence-corrected chi connectivity index (χ2v) is 8.77. The fraction of sp³-hybridized carbons (Fsp3) is 0.632. The third-order valence-corrected chi connectivity index (χ3v) is 7.14. The van der Waals surface area contributed by atoms with Gasteiger partial charge in [0.05, 0.1) is 0 Å². The van der Waals surface area contributed by atoms with Gasteiger partial charge in [-0.2, -0.15) is 0 Å². The molecule has 1 saturated heterocycles. The summed E-state index contributed by atoms with van der Waals surface area (Å²) < 4.78 is 0. The maximum atomic E-state index is 12.5. The highest BCUT2D eigenvalue weighted by Crippen LogP contribution is 2.53. The van der Waals surface area contributed by atoms with Crippen LogP contribution in [0.25, 0.3) is 0 Å². The molecule has 3 nitrogen and oxygen atoms in total.